The summed E-state index contributed by atoms with van der Waals surface area (Å²) >= 11 is 1.07. The van der Waals surface area contributed by atoms with Gasteiger partial charge in [-0.3, -0.25) is 4.72 Å². The molecule has 4 aromatic rings. The van der Waals surface area contributed by atoms with Crippen molar-refractivity contribution in [1.82, 2.24) is 25.1 Å². The summed E-state index contributed by atoms with van der Waals surface area (Å²) in [7, 11) is -4.14. The zero-order valence-corrected chi connectivity index (χ0v) is 28.6. The van der Waals surface area contributed by atoms with Crippen LogP contribution < -0.4 is 19.7 Å². The van der Waals surface area contributed by atoms with Gasteiger partial charge in [-0.25, -0.2) is 14.6 Å². The second-order valence-corrected chi connectivity index (χ2v) is 15.5. The summed E-state index contributed by atoms with van der Waals surface area (Å²) in [5.41, 5.74) is 0.304. The number of alkyl halides is 3. The van der Waals surface area contributed by atoms with Gasteiger partial charge in [0.15, 0.2) is 10.2 Å². The number of aryl methyl sites for hydroxylation is 1. The Labute approximate surface area is 282 Å². The van der Waals surface area contributed by atoms with Crippen molar-refractivity contribution in [3.8, 4) is 22.1 Å². The predicted molar refractivity (Wildman–Crippen MR) is 180 cm³/mol. The highest BCUT2D eigenvalue weighted by Gasteiger charge is 2.48. The molecule has 1 saturated heterocycles. The first-order chi connectivity index (χ1) is 22.9. The summed E-state index contributed by atoms with van der Waals surface area (Å²) in [5.74, 6) is 0.622. The van der Waals surface area contributed by atoms with Gasteiger partial charge in [0.1, 0.15) is 23.1 Å². The average molecular weight is 704 g/mol. The third-order valence-corrected chi connectivity index (χ3v) is 11.1. The maximum absolute atomic E-state index is 13.8. The SMILES string of the molecule is CC(C)(COc1ccn(-c2sc3nc2-c2ccccc2CCCCCCN(CC2CCCN2)c2cccc(n2)S(=O)(=O)N3)n1)C(F)(F)F. The first-order valence-electron chi connectivity index (χ1n) is 16.2. The molecule has 10 nitrogen and oxygen atoms in total. The molecule has 6 rings (SSSR count). The van der Waals surface area contributed by atoms with Crippen LogP contribution in [0, 0.1) is 5.41 Å². The summed E-state index contributed by atoms with van der Waals surface area (Å²) < 4.78 is 77.3. The van der Waals surface area contributed by atoms with Crippen LogP contribution in [0.25, 0.3) is 16.3 Å². The molecule has 3 aromatic heterocycles. The van der Waals surface area contributed by atoms with Crippen LogP contribution in [0.4, 0.5) is 24.1 Å². The molecule has 0 saturated carbocycles. The molecule has 0 radical (unpaired) electrons. The second-order valence-electron chi connectivity index (χ2n) is 12.9. The second kappa shape index (κ2) is 14.0. The van der Waals surface area contributed by atoms with Gasteiger partial charge >= 0.3 is 6.18 Å². The van der Waals surface area contributed by atoms with E-state index in [2.05, 4.69) is 25.0 Å². The summed E-state index contributed by atoms with van der Waals surface area (Å²) in [6, 6.07) is 14.7. The molecule has 48 heavy (non-hydrogen) atoms. The lowest BCUT2D eigenvalue weighted by atomic mass is 9.94. The molecule has 2 aliphatic heterocycles. The minimum Gasteiger partial charge on any atom is -0.476 e. The van der Waals surface area contributed by atoms with Gasteiger partial charge in [-0.2, -0.15) is 21.6 Å². The van der Waals surface area contributed by atoms with E-state index in [4.69, 9.17) is 9.72 Å². The summed E-state index contributed by atoms with van der Waals surface area (Å²) in [6.07, 6.45) is 4.06. The molecule has 1 fully saturated rings. The fourth-order valence-electron chi connectivity index (χ4n) is 5.84. The number of nitrogens with one attached hydrogen (secondary N) is 2. The molecule has 5 heterocycles. The maximum Gasteiger partial charge on any atom is 0.397 e. The molecule has 15 heteroatoms. The van der Waals surface area contributed by atoms with Crippen molar-refractivity contribution in [2.75, 3.05) is 35.9 Å². The van der Waals surface area contributed by atoms with Crippen molar-refractivity contribution < 1.29 is 26.3 Å². The van der Waals surface area contributed by atoms with Crippen LogP contribution in [0.5, 0.6) is 5.88 Å². The molecule has 258 valence electrons. The molecule has 0 amide bonds. The zero-order chi connectivity index (χ0) is 33.9. The molecule has 1 aromatic carbocycles. The number of hydrogen-bond donors (Lipinski definition) is 2. The van der Waals surface area contributed by atoms with Gasteiger partial charge in [0.05, 0.1) is 5.41 Å². The Bertz CT molecular complexity index is 1820. The van der Waals surface area contributed by atoms with Gasteiger partial charge in [0.25, 0.3) is 10.0 Å². The van der Waals surface area contributed by atoms with Crippen molar-refractivity contribution in [3.05, 3.63) is 60.3 Å². The number of fused-ring (bicyclic) bond motifs is 6. The lowest BCUT2D eigenvalue weighted by Gasteiger charge is -2.27. The standard InChI is InChI=1S/C33H40F3N7O3S2/c1-32(2,33(34,35)36)22-46-27-17-20-43(40-27)30-29-25-14-7-6-12-23(25)11-5-3-4-8-19-42(21-24-13-10-18-37-24)26-15-9-16-28(38-26)48(44,45)41-31(39-29)47-30/h6-7,9,12,14-17,20,24,37H,3-5,8,10-11,13,18-19,21-22H2,1-2H3,(H,39,41). The molecule has 2 aliphatic rings. The van der Waals surface area contributed by atoms with E-state index in [0.29, 0.717) is 22.6 Å². The van der Waals surface area contributed by atoms with Crippen LogP contribution in [-0.4, -0.2) is 66.6 Å². The number of pyridine rings is 1. The van der Waals surface area contributed by atoms with E-state index in [0.717, 1.165) is 101 Å². The number of anilines is 2. The van der Waals surface area contributed by atoms with Gasteiger partial charge in [0, 0.05) is 37.0 Å². The molecular formula is C33H40F3N7O3S2. The lowest BCUT2D eigenvalue weighted by molar-refractivity contribution is -0.219. The fraction of sp³-hybridized carbons (Fsp3) is 0.485. The topological polar surface area (TPSA) is 114 Å². The van der Waals surface area contributed by atoms with Gasteiger partial charge in [-0.05, 0) is 70.2 Å². The minimum absolute atomic E-state index is 0.00919. The first kappa shape index (κ1) is 34.2. The van der Waals surface area contributed by atoms with Crippen LogP contribution >= 0.6 is 11.3 Å². The largest absolute Gasteiger partial charge is 0.476 e. The monoisotopic (exact) mass is 703 g/mol. The smallest absolute Gasteiger partial charge is 0.397 e. The third-order valence-electron chi connectivity index (χ3n) is 8.76. The van der Waals surface area contributed by atoms with Gasteiger partial charge in [-0.1, -0.05) is 54.5 Å². The van der Waals surface area contributed by atoms with Crippen LogP contribution in [0.3, 0.4) is 0 Å². The van der Waals surface area contributed by atoms with E-state index >= 15 is 0 Å². The highest BCUT2D eigenvalue weighted by atomic mass is 32.2. The number of aromatic nitrogens is 4. The average Bonchev–Trinajstić information content (AvgIpc) is 3.82. The van der Waals surface area contributed by atoms with Crippen molar-refractivity contribution in [2.45, 2.75) is 76.0 Å². The van der Waals surface area contributed by atoms with E-state index in [9.17, 15) is 21.6 Å². The van der Waals surface area contributed by atoms with E-state index < -0.39 is 28.2 Å². The number of nitrogens with zero attached hydrogens (tertiary/aromatic N) is 5. The summed E-state index contributed by atoms with van der Waals surface area (Å²) in [6.45, 7) is 4.03. The summed E-state index contributed by atoms with van der Waals surface area (Å²) in [5, 5.41) is 8.42. The molecule has 4 bridgehead atoms. The van der Waals surface area contributed by atoms with Crippen LogP contribution in [0.1, 0.15) is 57.9 Å². The quantitative estimate of drug-likeness (QED) is 0.225. The number of rotatable bonds is 6. The number of ether oxygens (including phenoxy) is 1. The van der Waals surface area contributed by atoms with Crippen molar-refractivity contribution >= 4 is 32.3 Å². The highest BCUT2D eigenvalue weighted by molar-refractivity contribution is 7.92. The van der Waals surface area contributed by atoms with Gasteiger partial charge in [-0.15, -0.1) is 5.10 Å². The van der Waals surface area contributed by atoms with E-state index in [1.165, 1.54) is 16.8 Å². The normalized spacial score (nSPS) is 18.9. The molecular weight excluding hydrogens is 664 g/mol. The Morgan fingerprint density at radius 1 is 1.00 bits per heavy atom. The number of halogens is 3. The fourth-order valence-corrected chi connectivity index (χ4v) is 7.95. The first-order valence-corrected chi connectivity index (χ1v) is 18.5. The van der Waals surface area contributed by atoms with Crippen LogP contribution in [0.2, 0.25) is 0 Å². The van der Waals surface area contributed by atoms with Crippen LogP contribution in [-0.2, 0) is 16.4 Å². The highest BCUT2D eigenvalue weighted by Crippen LogP contribution is 2.39. The number of benzene rings is 1. The molecule has 1 atom stereocenters. The van der Waals surface area contributed by atoms with Crippen molar-refractivity contribution in [1.29, 1.82) is 0 Å². The molecule has 1 unspecified atom stereocenters. The van der Waals surface area contributed by atoms with Crippen LogP contribution in [0.15, 0.2) is 59.8 Å². The predicted octanol–water partition coefficient (Wildman–Crippen LogP) is 6.83. The maximum atomic E-state index is 13.8. The number of thiazole rings is 1. The Morgan fingerprint density at radius 3 is 2.60 bits per heavy atom. The van der Waals surface area contributed by atoms with E-state index in [-0.39, 0.29) is 16.0 Å². The van der Waals surface area contributed by atoms with E-state index in [1.807, 2.05) is 30.3 Å². The Morgan fingerprint density at radius 2 is 1.81 bits per heavy atom. The third kappa shape index (κ3) is 7.78. The molecule has 2 N–H and O–H groups in total. The van der Waals surface area contributed by atoms with E-state index in [1.54, 1.807) is 12.3 Å². The Kier molecular flexibility index (Phi) is 10.00. The van der Waals surface area contributed by atoms with Gasteiger partial charge in [0.2, 0.25) is 5.88 Å². The Balaban J connectivity index is 1.36. The lowest BCUT2D eigenvalue weighted by Crippen LogP contribution is -2.38. The van der Waals surface area contributed by atoms with Crippen molar-refractivity contribution in [3.63, 3.8) is 0 Å². The Hall–Kier alpha value is -3.69. The number of sulfonamides is 1. The summed E-state index contributed by atoms with van der Waals surface area (Å²) in [4.78, 5) is 11.5. The van der Waals surface area contributed by atoms with Crippen molar-refractivity contribution in [2.24, 2.45) is 5.41 Å². The number of hydrogen-bond acceptors (Lipinski definition) is 9. The minimum atomic E-state index is -4.45. The zero-order valence-electron chi connectivity index (χ0n) is 27.0. The molecule has 0 spiro atoms. The molecule has 0 aliphatic carbocycles. The van der Waals surface area contributed by atoms with Gasteiger partial charge < -0.3 is 15.0 Å².